The van der Waals surface area contributed by atoms with Crippen LogP contribution >= 0.6 is 15.9 Å². The molecule has 0 spiro atoms. The highest BCUT2D eigenvalue weighted by Crippen LogP contribution is 2.31. The van der Waals surface area contributed by atoms with Crippen LogP contribution in [0.5, 0.6) is 5.75 Å². The number of para-hydroxylation sites is 1. The van der Waals surface area contributed by atoms with Gasteiger partial charge in [-0.15, -0.1) is 0 Å². The van der Waals surface area contributed by atoms with Crippen molar-refractivity contribution in [3.8, 4) is 5.75 Å². The van der Waals surface area contributed by atoms with Crippen molar-refractivity contribution in [2.24, 2.45) is 5.92 Å². The van der Waals surface area contributed by atoms with Gasteiger partial charge in [0, 0.05) is 6.42 Å². The summed E-state index contributed by atoms with van der Waals surface area (Å²) in [6, 6.07) is 5.21. The fourth-order valence-corrected chi connectivity index (χ4v) is 2.53. The van der Waals surface area contributed by atoms with Crippen molar-refractivity contribution in [3.63, 3.8) is 0 Å². The molecule has 1 heterocycles. The van der Waals surface area contributed by atoms with Gasteiger partial charge in [0.15, 0.2) is 5.75 Å². The minimum absolute atomic E-state index is 0.0321. The van der Waals surface area contributed by atoms with Crippen LogP contribution in [0.25, 0.3) is 0 Å². The smallest absolute Gasteiger partial charge is 0.224 e. The van der Waals surface area contributed by atoms with E-state index in [9.17, 15) is 9.90 Å². The van der Waals surface area contributed by atoms with Gasteiger partial charge in [-0.05, 0) is 59.9 Å². The fourth-order valence-electron chi connectivity index (χ4n) is 2.17. The largest absolute Gasteiger partial charge is 0.505 e. The molecule has 4 nitrogen and oxygen atoms in total. The maximum atomic E-state index is 11.9. The number of halogens is 1. The lowest BCUT2D eigenvalue weighted by Gasteiger charge is -2.22. The van der Waals surface area contributed by atoms with Gasteiger partial charge in [0.2, 0.25) is 5.91 Å². The Balaban J connectivity index is 1.92. The second-order valence-corrected chi connectivity index (χ2v) is 5.44. The molecule has 1 aromatic rings. The topological polar surface area (TPSA) is 61.4 Å². The molecule has 1 saturated heterocycles. The molecule has 1 aliphatic rings. The zero-order chi connectivity index (χ0) is 13.0. The second kappa shape index (κ2) is 6.20. The minimum atomic E-state index is -0.0321. The van der Waals surface area contributed by atoms with Gasteiger partial charge in [0.25, 0.3) is 0 Å². The van der Waals surface area contributed by atoms with Crippen LogP contribution in [0.15, 0.2) is 22.7 Å². The first-order chi connectivity index (χ1) is 8.66. The van der Waals surface area contributed by atoms with E-state index in [4.69, 9.17) is 0 Å². The first-order valence-corrected chi connectivity index (χ1v) is 6.94. The third kappa shape index (κ3) is 3.46. The van der Waals surface area contributed by atoms with Gasteiger partial charge < -0.3 is 15.7 Å². The molecule has 1 aromatic carbocycles. The lowest BCUT2D eigenvalue weighted by atomic mass is 9.94. The summed E-state index contributed by atoms with van der Waals surface area (Å²) in [7, 11) is 0. The number of carbonyl (C=O) groups excluding carboxylic acids is 1. The van der Waals surface area contributed by atoms with E-state index >= 15 is 0 Å². The first-order valence-electron chi connectivity index (χ1n) is 6.15. The number of hydrogen-bond acceptors (Lipinski definition) is 3. The molecule has 2 rings (SSSR count). The van der Waals surface area contributed by atoms with Crippen molar-refractivity contribution in [3.05, 3.63) is 22.7 Å². The zero-order valence-electron chi connectivity index (χ0n) is 10.1. The van der Waals surface area contributed by atoms with Crippen LogP contribution in [0, 0.1) is 5.92 Å². The Morgan fingerprint density at radius 2 is 2.17 bits per heavy atom. The van der Waals surface area contributed by atoms with E-state index in [0.717, 1.165) is 25.9 Å². The van der Waals surface area contributed by atoms with Gasteiger partial charge in [0.1, 0.15) is 0 Å². The van der Waals surface area contributed by atoms with Gasteiger partial charge in [-0.25, -0.2) is 0 Å². The molecule has 3 N–H and O–H groups in total. The van der Waals surface area contributed by atoms with Crippen molar-refractivity contribution in [1.29, 1.82) is 0 Å². The van der Waals surface area contributed by atoms with Gasteiger partial charge in [-0.1, -0.05) is 6.07 Å². The van der Waals surface area contributed by atoms with Gasteiger partial charge in [0.05, 0.1) is 10.2 Å². The molecule has 0 saturated carbocycles. The van der Waals surface area contributed by atoms with Crippen LogP contribution in [0.1, 0.15) is 19.3 Å². The molecule has 0 aliphatic carbocycles. The average molecular weight is 313 g/mol. The number of benzene rings is 1. The number of phenols is 1. The van der Waals surface area contributed by atoms with Crippen LogP contribution in [0.3, 0.4) is 0 Å². The number of nitrogens with one attached hydrogen (secondary N) is 2. The quantitative estimate of drug-likeness (QED) is 0.751. The Kier molecular flexibility index (Phi) is 4.60. The van der Waals surface area contributed by atoms with E-state index in [1.165, 1.54) is 0 Å². The van der Waals surface area contributed by atoms with Crippen molar-refractivity contribution < 1.29 is 9.90 Å². The molecule has 0 aromatic heterocycles. The highest BCUT2D eigenvalue weighted by atomic mass is 79.9. The van der Waals surface area contributed by atoms with Crippen molar-refractivity contribution in [1.82, 2.24) is 5.32 Å². The highest BCUT2D eigenvalue weighted by molar-refractivity contribution is 9.10. The fraction of sp³-hybridized carbons (Fsp3) is 0.462. The number of anilines is 1. The number of piperidine rings is 1. The Morgan fingerprint density at radius 1 is 1.44 bits per heavy atom. The van der Waals surface area contributed by atoms with E-state index in [1.54, 1.807) is 18.2 Å². The van der Waals surface area contributed by atoms with Crippen LogP contribution in [-0.4, -0.2) is 24.1 Å². The van der Waals surface area contributed by atoms with Crippen molar-refractivity contribution in [2.45, 2.75) is 19.3 Å². The summed E-state index contributed by atoms with van der Waals surface area (Å²) < 4.78 is 0.585. The summed E-state index contributed by atoms with van der Waals surface area (Å²) in [4.78, 5) is 11.9. The number of phenolic OH excluding ortho intramolecular Hbond substituents is 1. The first kappa shape index (κ1) is 13.4. The minimum Gasteiger partial charge on any atom is -0.505 e. The summed E-state index contributed by atoms with van der Waals surface area (Å²) in [5.74, 6) is 0.493. The Morgan fingerprint density at radius 3 is 2.89 bits per heavy atom. The second-order valence-electron chi connectivity index (χ2n) is 4.58. The third-order valence-electron chi connectivity index (χ3n) is 3.19. The number of rotatable bonds is 3. The number of amides is 1. The van der Waals surface area contributed by atoms with E-state index in [1.807, 2.05) is 0 Å². The maximum absolute atomic E-state index is 11.9. The average Bonchev–Trinajstić information content (AvgIpc) is 2.36. The molecule has 5 heteroatoms. The number of carbonyl (C=O) groups is 1. The SMILES string of the molecule is O=C(CC1CCNCC1)Nc1cccc(Br)c1O. The monoisotopic (exact) mass is 312 g/mol. The zero-order valence-corrected chi connectivity index (χ0v) is 11.7. The van der Waals surface area contributed by atoms with Crippen LogP contribution in [0.4, 0.5) is 5.69 Å². The Hall–Kier alpha value is -1.07. The standard InChI is InChI=1S/C13H17BrN2O2/c14-10-2-1-3-11(13(10)18)16-12(17)8-9-4-6-15-7-5-9/h1-3,9,15,18H,4-8H2,(H,16,17). The summed E-state index contributed by atoms with van der Waals surface area (Å²) in [6.45, 7) is 1.97. The van der Waals surface area contributed by atoms with Crippen LogP contribution in [0.2, 0.25) is 0 Å². The van der Waals surface area contributed by atoms with Crippen molar-refractivity contribution in [2.75, 3.05) is 18.4 Å². The Bertz CT molecular complexity index is 431. The summed E-state index contributed by atoms with van der Waals surface area (Å²) in [5.41, 5.74) is 0.461. The van der Waals surface area contributed by atoms with Crippen LogP contribution in [-0.2, 0) is 4.79 Å². The summed E-state index contributed by atoms with van der Waals surface area (Å²) >= 11 is 3.22. The van der Waals surface area contributed by atoms with E-state index in [0.29, 0.717) is 22.5 Å². The summed E-state index contributed by atoms with van der Waals surface area (Å²) in [5, 5.41) is 15.8. The van der Waals surface area contributed by atoms with Gasteiger partial charge in [-0.2, -0.15) is 0 Å². The third-order valence-corrected chi connectivity index (χ3v) is 3.83. The van der Waals surface area contributed by atoms with Gasteiger partial charge in [-0.3, -0.25) is 4.79 Å². The predicted molar refractivity (Wildman–Crippen MR) is 74.6 cm³/mol. The molecule has 0 bridgehead atoms. The predicted octanol–water partition coefficient (Wildman–Crippen LogP) is 2.48. The normalized spacial score (nSPS) is 16.5. The highest BCUT2D eigenvalue weighted by Gasteiger charge is 2.17. The van der Waals surface area contributed by atoms with E-state index < -0.39 is 0 Å². The van der Waals surface area contributed by atoms with Gasteiger partial charge >= 0.3 is 0 Å². The molecule has 0 radical (unpaired) electrons. The van der Waals surface area contributed by atoms with E-state index in [2.05, 4.69) is 26.6 Å². The molecule has 0 atom stereocenters. The Labute approximate surface area is 115 Å². The summed E-state index contributed by atoms with van der Waals surface area (Å²) in [6.07, 6.45) is 2.60. The molecule has 18 heavy (non-hydrogen) atoms. The number of hydrogen-bond donors (Lipinski definition) is 3. The molecular weight excluding hydrogens is 296 g/mol. The van der Waals surface area contributed by atoms with E-state index in [-0.39, 0.29) is 11.7 Å². The molecule has 98 valence electrons. The molecule has 1 amide bonds. The van der Waals surface area contributed by atoms with Crippen LogP contribution < -0.4 is 10.6 Å². The number of aromatic hydroxyl groups is 1. The molecular formula is C13H17BrN2O2. The van der Waals surface area contributed by atoms with Crippen molar-refractivity contribution >= 4 is 27.5 Å². The molecule has 0 unspecified atom stereocenters. The lowest BCUT2D eigenvalue weighted by molar-refractivity contribution is -0.117. The maximum Gasteiger partial charge on any atom is 0.224 e. The lowest BCUT2D eigenvalue weighted by Crippen LogP contribution is -2.30. The molecule has 1 aliphatic heterocycles. The molecule has 1 fully saturated rings.